The SMILES string of the molecule is NC(=O)c1cncc(OCc2cccc(NC(=O)c3ccc(COc4ccc(CC(N)C(=O)O)cc4)cc3)c2)c1. The van der Waals surface area contributed by atoms with Crippen LogP contribution in [0.1, 0.15) is 37.4 Å². The number of aromatic nitrogens is 1. The van der Waals surface area contributed by atoms with Crippen molar-refractivity contribution < 1.29 is 29.0 Å². The lowest BCUT2D eigenvalue weighted by Crippen LogP contribution is -2.32. The van der Waals surface area contributed by atoms with Crippen LogP contribution in [0.5, 0.6) is 11.5 Å². The van der Waals surface area contributed by atoms with Gasteiger partial charge in [-0.2, -0.15) is 0 Å². The molecule has 0 saturated carbocycles. The highest BCUT2D eigenvalue weighted by atomic mass is 16.5. The molecule has 1 heterocycles. The molecule has 0 spiro atoms. The molecule has 0 aliphatic heterocycles. The third kappa shape index (κ3) is 7.89. The van der Waals surface area contributed by atoms with E-state index in [0.29, 0.717) is 29.4 Å². The summed E-state index contributed by atoms with van der Waals surface area (Å²) in [5.74, 6) is -0.850. The second-order valence-corrected chi connectivity index (χ2v) is 9.00. The highest BCUT2D eigenvalue weighted by Crippen LogP contribution is 2.18. The topological polar surface area (TPSA) is 167 Å². The van der Waals surface area contributed by atoms with E-state index in [2.05, 4.69) is 10.3 Å². The molecule has 10 nitrogen and oxygen atoms in total. The quantitative estimate of drug-likeness (QED) is 0.212. The van der Waals surface area contributed by atoms with Gasteiger partial charge in [-0.1, -0.05) is 36.4 Å². The van der Waals surface area contributed by atoms with E-state index in [4.69, 9.17) is 26.0 Å². The second-order valence-electron chi connectivity index (χ2n) is 9.00. The zero-order chi connectivity index (χ0) is 28.5. The van der Waals surface area contributed by atoms with E-state index in [-0.39, 0.29) is 24.5 Å². The molecule has 0 bridgehead atoms. The van der Waals surface area contributed by atoms with Gasteiger partial charge in [0.2, 0.25) is 5.91 Å². The van der Waals surface area contributed by atoms with Gasteiger partial charge in [-0.3, -0.25) is 19.4 Å². The number of amides is 2. The Balaban J connectivity index is 1.28. The fourth-order valence-electron chi connectivity index (χ4n) is 3.72. The summed E-state index contributed by atoms with van der Waals surface area (Å²) in [7, 11) is 0. The van der Waals surface area contributed by atoms with Gasteiger partial charge in [0.15, 0.2) is 0 Å². The van der Waals surface area contributed by atoms with Gasteiger partial charge in [-0.05, 0) is 65.6 Å². The molecule has 4 aromatic rings. The minimum atomic E-state index is -1.04. The molecular weight excluding hydrogens is 512 g/mol. The number of anilines is 1. The Morgan fingerprint density at radius 2 is 1.48 bits per heavy atom. The van der Waals surface area contributed by atoms with Crippen molar-refractivity contribution in [2.24, 2.45) is 11.5 Å². The first-order valence-corrected chi connectivity index (χ1v) is 12.3. The number of nitrogens with one attached hydrogen (secondary N) is 1. The van der Waals surface area contributed by atoms with Crippen molar-refractivity contribution in [2.45, 2.75) is 25.7 Å². The minimum absolute atomic E-state index is 0.209. The van der Waals surface area contributed by atoms with Crippen molar-refractivity contribution in [3.05, 3.63) is 119 Å². The first kappa shape index (κ1) is 27.8. The number of hydrogen-bond acceptors (Lipinski definition) is 7. The van der Waals surface area contributed by atoms with E-state index in [9.17, 15) is 14.4 Å². The van der Waals surface area contributed by atoms with Gasteiger partial charge in [0.1, 0.15) is 30.8 Å². The van der Waals surface area contributed by atoms with E-state index in [1.165, 1.54) is 18.5 Å². The van der Waals surface area contributed by atoms with Crippen LogP contribution in [0.25, 0.3) is 0 Å². The molecule has 1 atom stereocenters. The van der Waals surface area contributed by atoms with Crippen LogP contribution < -0.4 is 26.3 Å². The maximum atomic E-state index is 12.8. The van der Waals surface area contributed by atoms with Gasteiger partial charge in [0, 0.05) is 17.4 Å². The standard InChI is InChI=1S/C30H28N4O6/c31-27(30(37)38)13-19-6-10-25(11-7-19)39-17-20-4-8-22(9-5-20)29(36)34-24-3-1-2-21(12-24)18-40-26-14-23(28(32)35)15-33-16-26/h1-12,14-16,27H,13,17-18,31H2,(H2,32,35)(H,34,36)(H,37,38). The summed E-state index contributed by atoms with van der Waals surface area (Å²) in [6.45, 7) is 0.511. The Labute approximate surface area is 230 Å². The van der Waals surface area contributed by atoms with Crippen LogP contribution >= 0.6 is 0 Å². The normalized spacial score (nSPS) is 11.3. The summed E-state index contributed by atoms with van der Waals surface area (Å²) in [6, 6.07) is 22.0. The van der Waals surface area contributed by atoms with Crippen LogP contribution in [0.15, 0.2) is 91.3 Å². The number of benzene rings is 3. The molecule has 0 radical (unpaired) electrons. The molecule has 204 valence electrons. The molecule has 0 fully saturated rings. The predicted octanol–water partition coefficient (Wildman–Crippen LogP) is 3.55. The van der Waals surface area contributed by atoms with Crippen LogP contribution in [0.3, 0.4) is 0 Å². The number of nitrogens with zero attached hydrogens (tertiary/aromatic N) is 1. The zero-order valence-corrected chi connectivity index (χ0v) is 21.4. The van der Waals surface area contributed by atoms with Gasteiger partial charge < -0.3 is 31.4 Å². The van der Waals surface area contributed by atoms with Crippen molar-refractivity contribution in [3.63, 3.8) is 0 Å². The molecule has 4 rings (SSSR count). The smallest absolute Gasteiger partial charge is 0.320 e. The molecule has 10 heteroatoms. The van der Waals surface area contributed by atoms with Gasteiger partial charge in [-0.25, -0.2) is 0 Å². The van der Waals surface area contributed by atoms with Gasteiger partial charge in [-0.15, -0.1) is 0 Å². The average Bonchev–Trinajstić information content (AvgIpc) is 2.96. The molecular formula is C30H28N4O6. The van der Waals surface area contributed by atoms with Crippen LogP contribution in [0.2, 0.25) is 0 Å². The molecule has 0 saturated heterocycles. The Morgan fingerprint density at radius 3 is 2.17 bits per heavy atom. The van der Waals surface area contributed by atoms with Crippen LogP contribution in [0.4, 0.5) is 5.69 Å². The summed E-state index contributed by atoms with van der Waals surface area (Å²) < 4.78 is 11.5. The summed E-state index contributed by atoms with van der Waals surface area (Å²) >= 11 is 0. The fraction of sp³-hybridized carbons (Fsp3) is 0.133. The van der Waals surface area contributed by atoms with Crippen LogP contribution in [-0.2, 0) is 24.4 Å². The number of nitrogens with two attached hydrogens (primary N) is 2. The number of pyridine rings is 1. The van der Waals surface area contributed by atoms with Gasteiger partial charge in [0.05, 0.1) is 11.8 Å². The molecule has 3 aromatic carbocycles. The number of carbonyl (C=O) groups is 3. The number of primary amides is 1. The van der Waals surface area contributed by atoms with Crippen LogP contribution in [-0.4, -0.2) is 33.9 Å². The third-order valence-electron chi connectivity index (χ3n) is 5.91. The minimum Gasteiger partial charge on any atom is -0.489 e. The molecule has 1 aromatic heterocycles. The van der Waals surface area contributed by atoms with Crippen molar-refractivity contribution in [1.29, 1.82) is 0 Å². The van der Waals surface area contributed by atoms with Crippen molar-refractivity contribution >= 4 is 23.5 Å². The number of carbonyl (C=O) groups excluding carboxylic acids is 2. The largest absolute Gasteiger partial charge is 0.489 e. The Hall–Kier alpha value is -5.22. The second kappa shape index (κ2) is 13.0. The van der Waals surface area contributed by atoms with Crippen molar-refractivity contribution in [1.82, 2.24) is 4.98 Å². The molecule has 40 heavy (non-hydrogen) atoms. The lowest BCUT2D eigenvalue weighted by Gasteiger charge is -2.11. The lowest BCUT2D eigenvalue weighted by atomic mass is 10.1. The Bertz CT molecular complexity index is 1490. The van der Waals surface area contributed by atoms with E-state index >= 15 is 0 Å². The highest BCUT2D eigenvalue weighted by Gasteiger charge is 2.12. The van der Waals surface area contributed by atoms with Crippen molar-refractivity contribution in [2.75, 3.05) is 5.32 Å². The van der Waals surface area contributed by atoms with Crippen molar-refractivity contribution in [3.8, 4) is 11.5 Å². The first-order valence-electron chi connectivity index (χ1n) is 12.3. The van der Waals surface area contributed by atoms with E-state index < -0.39 is 17.9 Å². The molecule has 6 N–H and O–H groups in total. The number of rotatable bonds is 12. The van der Waals surface area contributed by atoms with E-state index in [0.717, 1.165) is 16.7 Å². The molecule has 0 aliphatic rings. The number of aliphatic carboxylic acids is 1. The molecule has 0 aliphatic carbocycles. The summed E-state index contributed by atoms with van der Waals surface area (Å²) in [5, 5.41) is 11.8. The fourth-order valence-corrected chi connectivity index (χ4v) is 3.72. The van der Waals surface area contributed by atoms with E-state index in [1.54, 1.807) is 54.6 Å². The summed E-state index contributed by atoms with van der Waals surface area (Å²) in [6.07, 6.45) is 3.10. The van der Waals surface area contributed by atoms with E-state index in [1.807, 2.05) is 18.2 Å². The monoisotopic (exact) mass is 540 g/mol. The highest BCUT2D eigenvalue weighted by molar-refractivity contribution is 6.04. The number of carboxylic acids is 1. The zero-order valence-electron chi connectivity index (χ0n) is 21.4. The number of hydrogen-bond donors (Lipinski definition) is 4. The van der Waals surface area contributed by atoms with Crippen LogP contribution in [0, 0.1) is 0 Å². The first-order chi connectivity index (χ1) is 19.3. The maximum Gasteiger partial charge on any atom is 0.320 e. The Kier molecular flexibility index (Phi) is 9.06. The molecule has 2 amide bonds. The summed E-state index contributed by atoms with van der Waals surface area (Å²) in [4.78, 5) is 38.9. The van der Waals surface area contributed by atoms with Gasteiger partial charge in [0.25, 0.3) is 5.91 Å². The molecule has 1 unspecified atom stereocenters. The average molecular weight is 541 g/mol. The predicted molar refractivity (Wildman–Crippen MR) is 148 cm³/mol. The maximum absolute atomic E-state index is 12.8. The number of ether oxygens (including phenoxy) is 2. The third-order valence-corrected chi connectivity index (χ3v) is 5.91. The Morgan fingerprint density at radius 1 is 0.800 bits per heavy atom. The number of carboxylic acid groups (broad SMARTS) is 1. The lowest BCUT2D eigenvalue weighted by molar-refractivity contribution is -0.138. The summed E-state index contributed by atoms with van der Waals surface area (Å²) in [5.41, 5.74) is 14.7. The van der Waals surface area contributed by atoms with Gasteiger partial charge >= 0.3 is 5.97 Å².